The first-order valence-electron chi connectivity index (χ1n) is 5.20. The molecule has 84 valence electrons. The van der Waals surface area contributed by atoms with Crippen LogP contribution in [0.2, 0.25) is 0 Å². The minimum atomic E-state index is 0.589. The number of benzene rings is 1. The van der Waals surface area contributed by atoms with Crippen LogP contribution in [0.3, 0.4) is 0 Å². The highest BCUT2D eigenvalue weighted by atomic mass is 79.9. The van der Waals surface area contributed by atoms with Crippen LogP contribution in [0.15, 0.2) is 47.3 Å². The van der Waals surface area contributed by atoms with Crippen molar-refractivity contribution in [3.63, 3.8) is 0 Å². The molecule has 2 heterocycles. The van der Waals surface area contributed by atoms with Crippen LogP contribution in [0.5, 0.6) is 0 Å². The molecular formula is C12H9BrN4. The molecule has 0 aliphatic rings. The zero-order valence-corrected chi connectivity index (χ0v) is 10.5. The highest BCUT2D eigenvalue weighted by Crippen LogP contribution is 2.19. The van der Waals surface area contributed by atoms with Gasteiger partial charge in [0.05, 0.1) is 11.7 Å². The van der Waals surface area contributed by atoms with Gasteiger partial charge in [-0.1, -0.05) is 15.9 Å². The SMILES string of the molecule is Brc1ccc2c(cnn2Cc2ncccn2)c1. The number of rotatable bonds is 2. The van der Waals surface area contributed by atoms with Crippen LogP contribution < -0.4 is 0 Å². The lowest BCUT2D eigenvalue weighted by molar-refractivity contribution is 0.676. The lowest BCUT2D eigenvalue weighted by atomic mass is 10.2. The van der Waals surface area contributed by atoms with Gasteiger partial charge in [0.15, 0.2) is 0 Å². The molecule has 0 atom stereocenters. The fraction of sp³-hybridized carbons (Fsp3) is 0.0833. The summed E-state index contributed by atoms with van der Waals surface area (Å²) in [6.07, 6.45) is 5.33. The molecule has 0 fully saturated rings. The number of fused-ring (bicyclic) bond motifs is 1. The Labute approximate surface area is 106 Å². The molecule has 0 unspecified atom stereocenters. The van der Waals surface area contributed by atoms with Crippen molar-refractivity contribution in [3.8, 4) is 0 Å². The van der Waals surface area contributed by atoms with Gasteiger partial charge in [0, 0.05) is 22.3 Å². The minimum absolute atomic E-state index is 0.589. The monoisotopic (exact) mass is 288 g/mol. The van der Waals surface area contributed by atoms with Gasteiger partial charge >= 0.3 is 0 Å². The van der Waals surface area contributed by atoms with Crippen LogP contribution in [-0.2, 0) is 6.54 Å². The molecule has 5 heteroatoms. The molecule has 0 radical (unpaired) electrons. The van der Waals surface area contributed by atoms with Crippen molar-refractivity contribution in [2.24, 2.45) is 0 Å². The maximum Gasteiger partial charge on any atom is 0.149 e. The van der Waals surface area contributed by atoms with E-state index in [1.54, 1.807) is 12.4 Å². The molecule has 0 aliphatic carbocycles. The molecular weight excluding hydrogens is 280 g/mol. The summed E-state index contributed by atoms with van der Waals surface area (Å²) in [5.41, 5.74) is 1.08. The van der Waals surface area contributed by atoms with Gasteiger partial charge in [-0.3, -0.25) is 4.68 Å². The second-order valence-corrected chi connectivity index (χ2v) is 4.59. The predicted molar refractivity (Wildman–Crippen MR) is 68.6 cm³/mol. The van der Waals surface area contributed by atoms with Crippen LogP contribution in [0.1, 0.15) is 5.82 Å². The van der Waals surface area contributed by atoms with E-state index in [2.05, 4.69) is 31.0 Å². The third kappa shape index (κ3) is 2.06. The van der Waals surface area contributed by atoms with E-state index in [9.17, 15) is 0 Å². The predicted octanol–water partition coefficient (Wildman–Crippen LogP) is 2.64. The Morgan fingerprint density at radius 3 is 2.82 bits per heavy atom. The van der Waals surface area contributed by atoms with Crippen LogP contribution in [-0.4, -0.2) is 19.7 Å². The van der Waals surface area contributed by atoms with E-state index in [0.29, 0.717) is 6.54 Å². The van der Waals surface area contributed by atoms with E-state index in [1.165, 1.54) is 0 Å². The molecule has 0 saturated heterocycles. The van der Waals surface area contributed by atoms with E-state index in [4.69, 9.17) is 0 Å². The highest BCUT2D eigenvalue weighted by molar-refractivity contribution is 9.10. The Bertz CT molecular complexity index is 648. The van der Waals surface area contributed by atoms with Crippen molar-refractivity contribution in [1.82, 2.24) is 19.7 Å². The van der Waals surface area contributed by atoms with E-state index < -0.39 is 0 Å². The third-order valence-electron chi connectivity index (χ3n) is 2.51. The van der Waals surface area contributed by atoms with Gasteiger partial charge in [0.25, 0.3) is 0 Å². The summed E-state index contributed by atoms with van der Waals surface area (Å²) in [6.45, 7) is 0.589. The maximum atomic E-state index is 4.35. The molecule has 3 rings (SSSR count). The summed E-state index contributed by atoms with van der Waals surface area (Å²) < 4.78 is 2.96. The van der Waals surface area contributed by atoms with Gasteiger partial charge in [-0.2, -0.15) is 5.10 Å². The summed E-state index contributed by atoms with van der Waals surface area (Å²) in [7, 11) is 0. The number of halogens is 1. The standard InChI is InChI=1S/C12H9BrN4/c13-10-2-3-11-9(6-10)7-16-17(11)8-12-14-4-1-5-15-12/h1-7H,8H2. The third-order valence-corrected chi connectivity index (χ3v) is 3.01. The smallest absolute Gasteiger partial charge is 0.149 e. The van der Waals surface area contributed by atoms with Crippen molar-refractivity contribution in [2.75, 3.05) is 0 Å². The Morgan fingerprint density at radius 1 is 1.18 bits per heavy atom. The molecule has 3 aromatic rings. The number of hydrogen-bond donors (Lipinski definition) is 0. The Hall–Kier alpha value is -1.75. The normalized spacial score (nSPS) is 10.9. The first-order chi connectivity index (χ1) is 8.33. The van der Waals surface area contributed by atoms with Crippen molar-refractivity contribution >= 4 is 26.8 Å². The van der Waals surface area contributed by atoms with Gasteiger partial charge in [-0.25, -0.2) is 9.97 Å². The fourth-order valence-corrected chi connectivity index (χ4v) is 2.11. The lowest BCUT2D eigenvalue weighted by Gasteiger charge is -2.02. The maximum absolute atomic E-state index is 4.35. The Kier molecular flexibility index (Phi) is 2.60. The van der Waals surface area contributed by atoms with Crippen LogP contribution in [0, 0.1) is 0 Å². The van der Waals surface area contributed by atoms with Crippen molar-refractivity contribution < 1.29 is 0 Å². The summed E-state index contributed by atoms with van der Waals surface area (Å²) >= 11 is 3.45. The summed E-state index contributed by atoms with van der Waals surface area (Å²) in [5, 5.41) is 5.45. The van der Waals surface area contributed by atoms with Crippen LogP contribution in [0.25, 0.3) is 10.9 Å². The van der Waals surface area contributed by atoms with Crippen LogP contribution in [0.4, 0.5) is 0 Å². The van der Waals surface area contributed by atoms with Gasteiger partial charge in [-0.05, 0) is 24.3 Å². The van der Waals surface area contributed by atoms with Crippen LogP contribution >= 0.6 is 15.9 Å². The zero-order valence-electron chi connectivity index (χ0n) is 8.92. The van der Waals surface area contributed by atoms with E-state index >= 15 is 0 Å². The number of hydrogen-bond acceptors (Lipinski definition) is 3. The largest absolute Gasteiger partial charge is 0.257 e. The molecule has 0 aliphatic heterocycles. The number of aromatic nitrogens is 4. The molecule has 0 spiro atoms. The van der Waals surface area contributed by atoms with Crippen molar-refractivity contribution in [3.05, 3.63) is 53.2 Å². The van der Waals surface area contributed by atoms with Gasteiger partial charge in [0.2, 0.25) is 0 Å². The average Bonchev–Trinajstić information content (AvgIpc) is 2.73. The van der Waals surface area contributed by atoms with Crippen molar-refractivity contribution in [1.29, 1.82) is 0 Å². The molecule has 1 aromatic carbocycles. The molecule has 4 nitrogen and oxygen atoms in total. The topological polar surface area (TPSA) is 43.6 Å². The summed E-state index contributed by atoms with van der Waals surface area (Å²) in [5.74, 6) is 0.764. The molecule has 0 N–H and O–H groups in total. The Balaban J connectivity index is 2.01. The Morgan fingerprint density at radius 2 is 2.00 bits per heavy atom. The first kappa shape index (κ1) is 10.4. The molecule has 2 aromatic heterocycles. The molecule has 17 heavy (non-hydrogen) atoms. The van der Waals surface area contributed by atoms with E-state index in [0.717, 1.165) is 21.2 Å². The number of nitrogens with zero attached hydrogens (tertiary/aromatic N) is 4. The second-order valence-electron chi connectivity index (χ2n) is 3.67. The van der Waals surface area contributed by atoms with E-state index in [-0.39, 0.29) is 0 Å². The summed E-state index contributed by atoms with van der Waals surface area (Å²) in [6, 6.07) is 7.90. The quantitative estimate of drug-likeness (QED) is 0.728. The zero-order chi connectivity index (χ0) is 11.7. The minimum Gasteiger partial charge on any atom is -0.257 e. The average molecular weight is 289 g/mol. The van der Waals surface area contributed by atoms with Gasteiger partial charge in [-0.15, -0.1) is 0 Å². The lowest BCUT2D eigenvalue weighted by Crippen LogP contribution is -2.04. The van der Waals surface area contributed by atoms with Gasteiger partial charge < -0.3 is 0 Å². The second kappa shape index (κ2) is 4.25. The fourth-order valence-electron chi connectivity index (χ4n) is 1.73. The summed E-state index contributed by atoms with van der Waals surface area (Å²) in [4.78, 5) is 8.39. The molecule has 0 saturated carbocycles. The molecule has 0 amide bonds. The highest BCUT2D eigenvalue weighted by Gasteiger charge is 2.04. The van der Waals surface area contributed by atoms with Gasteiger partial charge in [0.1, 0.15) is 12.4 Å². The first-order valence-corrected chi connectivity index (χ1v) is 5.99. The van der Waals surface area contributed by atoms with E-state index in [1.807, 2.05) is 35.1 Å². The van der Waals surface area contributed by atoms with Crippen molar-refractivity contribution in [2.45, 2.75) is 6.54 Å². The molecule has 0 bridgehead atoms.